The van der Waals surface area contributed by atoms with Gasteiger partial charge in [-0.05, 0) is 24.2 Å². The van der Waals surface area contributed by atoms with Crippen LogP contribution in [0.1, 0.15) is 15.9 Å². The number of rotatable bonds is 3. The van der Waals surface area contributed by atoms with Gasteiger partial charge < -0.3 is 11.5 Å². The van der Waals surface area contributed by atoms with Gasteiger partial charge in [0, 0.05) is 12.0 Å². The van der Waals surface area contributed by atoms with Crippen LogP contribution in [0, 0.1) is 6.42 Å². The molecule has 0 saturated carbocycles. The maximum absolute atomic E-state index is 10.7. The molecule has 3 nitrogen and oxygen atoms in total. The summed E-state index contributed by atoms with van der Waals surface area (Å²) in [5.41, 5.74) is 11.9. The van der Waals surface area contributed by atoms with Crippen LogP contribution >= 0.6 is 0 Å². The Hall–Kier alpha value is -1.35. The predicted octanol–water partition coefficient (Wildman–Crippen LogP) is 0.297. The van der Waals surface area contributed by atoms with Gasteiger partial charge in [-0.1, -0.05) is 12.1 Å². The van der Waals surface area contributed by atoms with Gasteiger partial charge in [0.1, 0.15) is 0 Å². The van der Waals surface area contributed by atoms with Crippen molar-refractivity contribution < 1.29 is 4.79 Å². The molecular formula is C9H11N2O. The van der Waals surface area contributed by atoms with Gasteiger partial charge in [-0.15, -0.1) is 0 Å². The Labute approximate surface area is 71.4 Å². The van der Waals surface area contributed by atoms with Crippen LogP contribution < -0.4 is 11.5 Å². The average Bonchev–Trinajstić information content (AvgIpc) is 2.06. The van der Waals surface area contributed by atoms with Crippen LogP contribution in [0.25, 0.3) is 0 Å². The average molecular weight is 163 g/mol. The van der Waals surface area contributed by atoms with Gasteiger partial charge >= 0.3 is 0 Å². The first kappa shape index (κ1) is 8.74. The van der Waals surface area contributed by atoms with Crippen molar-refractivity contribution in [2.24, 2.45) is 11.5 Å². The SMILES string of the molecule is NC[CH]c1ccc(C(N)=O)cc1. The van der Waals surface area contributed by atoms with E-state index in [2.05, 4.69) is 0 Å². The van der Waals surface area contributed by atoms with E-state index < -0.39 is 5.91 Å². The molecule has 1 aromatic carbocycles. The minimum Gasteiger partial charge on any atom is -0.366 e. The normalized spacial score (nSPS) is 9.75. The molecule has 0 aliphatic heterocycles. The third-order valence-corrected chi connectivity index (χ3v) is 1.55. The van der Waals surface area contributed by atoms with Gasteiger partial charge in [0.05, 0.1) is 0 Å². The van der Waals surface area contributed by atoms with Crippen LogP contribution in [0.4, 0.5) is 0 Å². The number of hydrogen-bond donors (Lipinski definition) is 2. The van der Waals surface area contributed by atoms with Crippen LogP contribution in [-0.2, 0) is 0 Å². The van der Waals surface area contributed by atoms with Crippen molar-refractivity contribution in [3.63, 3.8) is 0 Å². The van der Waals surface area contributed by atoms with Gasteiger partial charge in [0.2, 0.25) is 5.91 Å². The molecule has 0 bridgehead atoms. The number of primary amides is 1. The molecule has 1 rings (SSSR count). The van der Waals surface area contributed by atoms with Crippen molar-refractivity contribution in [1.82, 2.24) is 0 Å². The highest BCUT2D eigenvalue weighted by Gasteiger charge is 1.98. The molecule has 0 aromatic heterocycles. The second-order valence-corrected chi connectivity index (χ2v) is 2.43. The van der Waals surface area contributed by atoms with E-state index in [9.17, 15) is 4.79 Å². The summed E-state index contributed by atoms with van der Waals surface area (Å²) < 4.78 is 0. The molecule has 0 spiro atoms. The molecule has 0 fully saturated rings. The minimum absolute atomic E-state index is 0.408. The summed E-state index contributed by atoms with van der Waals surface area (Å²) in [6, 6.07) is 6.99. The molecule has 0 aliphatic carbocycles. The first-order chi connectivity index (χ1) is 5.74. The Balaban J connectivity index is 2.78. The van der Waals surface area contributed by atoms with Gasteiger partial charge in [-0.2, -0.15) is 0 Å². The second kappa shape index (κ2) is 3.88. The zero-order valence-corrected chi connectivity index (χ0v) is 6.66. The first-order valence-electron chi connectivity index (χ1n) is 3.67. The standard InChI is InChI=1S/C9H11N2O/c10-6-5-7-1-3-8(4-2-7)9(11)12/h1-5H,6,10H2,(H2,11,12). The summed E-state index contributed by atoms with van der Waals surface area (Å²) in [7, 11) is 0. The van der Waals surface area contributed by atoms with Crippen LogP contribution in [0.3, 0.4) is 0 Å². The van der Waals surface area contributed by atoms with E-state index in [0.717, 1.165) is 5.56 Å². The number of carbonyl (C=O) groups is 1. The monoisotopic (exact) mass is 163 g/mol. The number of nitrogens with two attached hydrogens (primary N) is 2. The van der Waals surface area contributed by atoms with E-state index in [1.807, 2.05) is 18.6 Å². The second-order valence-electron chi connectivity index (χ2n) is 2.43. The highest BCUT2D eigenvalue weighted by Crippen LogP contribution is 2.04. The van der Waals surface area contributed by atoms with Gasteiger partial charge in [-0.3, -0.25) is 4.79 Å². The topological polar surface area (TPSA) is 69.1 Å². The van der Waals surface area contributed by atoms with Crippen LogP contribution in [0.5, 0.6) is 0 Å². The summed E-state index contributed by atoms with van der Waals surface area (Å²) in [4.78, 5) is 10.7. The fourth-order valence-electron chi connectivity index (χ4n) is 0.920. The van der Waals surface area contributed by atoms with Crippen molar-refractivity contribution in [1.29, 1.82) is 0 Å². The Bertz CT molecular complexity index is 266. The van der Waals surface area contributed by atoms with Gasteiger partial charge in [-0.25, -0.2) is 0 Å². The summed E-state index contributed by atoms with van der Waals surface area (Å²) in [5.74, 6) is -0.408. The zero-order valence-electron chi connectivity index (χ0n) is 6.66. The first-order valence-corrected chi connectivity index (χ1v) is 3.67. The molecule has 12 heavy (non-hydrogen) atoms. The van der Waals surface area contributed by atoms with Crippen molar-refractivity contribution in [3.8, 4) is 0 Å². The van der Waals surface area contributed by atoms with E-state index in [1.54, 1.807) is 12.1 Å². The Morgan fingerprint density at radius 1 is 1.33 bits per heavy atom. The lowest BCUT2D eigenvalue weighted by molar-refractivity contribution is 0.100. The van der Waals surface area contributed by atoms with E-state index in [1.165, 1.54) is 0 Å². The van der Waals surface area contributed by atoms with Crippen molar-refractivity contribution >= 4 is 5.91 Å². The summed E-state index contributed by atoms with van der Waals surface area (Å²) >= 11 is 0. The maximum Gasteiger partial charge on any atom is 0.248 e. The van der Waals surface area contributed by atoms with Gasteiger partial charge in [0.25, 0.3) is 0 Å². The minimum atomic E-state index is -0.408. The maximum atomic E-state index is 10.7. The van der Waals surface area contributed by atoms with Crippen LogP contribution in [-0.4, -0.2) is 12.5 Å². The zero-order chi connectivity index (χ0) is 8.97. The molecule has 0 atom stereocenters. The summed E-state index contributed by atoms with van der Waals surface area (Å²) in [6.45, 7) is 0.496. The lowest BCUT2D eigenvalue weighted by atomic mass is 10.1. The number of carbonyl (C=O) groups excluding carboxylic acids is 1. The molecule has 0 aliphatic rings. The molecule has 1 aromatic rings. The van der Waals surface area contributed by atoms with Gasteiger partial charge in [0.15, 0.2) is 0 Å². The molecular weight excluding hydrogens is 152 g/mol. The van der Waals surface area contributed by atoms with Crippen molar-refractivity contribution in [2.45, 2.75) is 0 Å². The third-order valence-electron chi connectivity index (χ3n) is 1.55. The molecule has 0 heterocycles. The number of amides is 1. The predicted molar refractivity (Wildman–Crippen MR) is 47.4 cm³/mol. The molecule has 1 radical (unpaired) electrons. The van der Waals surface area contributed by atoms with Crippen molar-refractivity contribution in [3.05, 3.63) is 41.8 Å². The highest BCUT2D eigenvalue weighted by atomic mass is 16.1. The molecule has 3 heteroatoms. The Morgan fingerprint density at radius 2 is 1.92 bits per heavy atom. The van der Waals surface area contributed by atoms with E-state index >= 15 is 0 Å². The van der Waals surface area contributed by atoms with Crippen LogP contribution in [0.15, 0.2) is 24.3 Å². The Kier molecular flexibility index (Phi) is 2.82. The van der Waals surface area contributed by atoms with E-state index in [0.29, 0.717) is 12.1 Å². The lowest BCUT2D eigenvalue weighted by Gasteiger charge is -1.98. The molecule has 63 valence electrons. The fraction of sp³-hybridized carbons (Fsp3) is 0.111. The van der Waals surface area contributed by atoms with Crippen LogP contribution in [0.2, 0.25) is 0 Å². The van der Waals surface area contributed by atoms with E-state index in [4.69, 9.17) is 11.5 Å². The highest BCUT2D eigenvalue weighted by molar-refractivity contribution is 5.92. The quantitative estimate of drug-likeness (QED) is 0.672. The summed E-state index contributed by atoms with van der Waals surface area (Å²) in [6.07, 6.45) is 1.87. The molecule has 0 saturated heterocycles. The Morgan fingerprint density at radius 3 is 2.33 bits per heavy atom. The number of benzene rings is 1. The third kappa shape index (κ3) is 2.07. The summed E-state index contributed by atoms with van der Waals surface area (Å²) in [5, 5.41) is 0. The smallest absolute Gasteiger partial charge is 0.248 e. The molecule has 1 amide bonds. The lowest BCUT2D eigenvalue weighted by Crippen LogP contribution is -2.10. The van der Waals surface area contributed by atoms with Crippen molar-refractivity contribution in [2.75, 3.05) is 6.54 Å². The fourth-order valence-corrected chi connectivity index (χ4v) is 0.920. The largest absolute Gasteiger partial charge is 0.366 e. The number of hydrogen-bond acceptors (Lipinski definition) is 2. The molecule has 4 N–H and O–H groups in total. The molecule has 0 unspecified atom stereocenters. The van der Waals surface area contributed by atoms with E-state index in [-0.39, 0.29) is 0 Å².